The van der Waals surface area contributed by atoms with Gasteiger partial charge in [-0.05, 0) is 39.5 Å². The van der Waals surface area contributed by atoms with Crippen LogP contribution in [0.5, 0.6) is 0 Å². The molecule has 1 atom stereocenters. The highest BCUT2D eigenvalue weighted by atomic mass is 79.9. The molecule has 0 spiro atoms. The molecule has 0 radical (unpaired) electrons. The van der Waals surface area contributed by atoms with Crippen LogP contribution in [-0.2, 0) is 6.42 Å². The van der Waals surface area contributed by atoms with E-state index in [-0.39, 0.29) is 5.91 Å². The molecule has 1 aromatic heterocycles. The number of nitrogens with one attached hydrogen (secondary N) is 1. The minimum Gasteiger partial charge on any atom is -0.296 e. The minimum absolute atomic E-state index is 0.193. The topological polar surface area (TPSA) is 54.9 Å². The molecule has 0 saturated carbocycles. The lowest BCUT2D eigenvalue weighted by Crippen LogP contribution is -2.12. The Morgan fingerprint density at radius 3 is 2.58 bits per heavy atom. The second kappa shape index (κ2) is 7.68. The average molecular weight is 402 g/mol. The number of anilines is 1. The van der Waals surface area contributed by atoms with E-state index in [1.54, 1.807) is 6.07 Å². The highest BCUT2D eigenvalue weighted by molar-refractivity contribution is 9.10. The van der Waals surface area contributed by atoms with Gasteiger partial charge in [-0.15, -0.1) is 10.2 Å². The summed E-state index contributed by atoms with van der Waals surface area (Å²) >= 11 is 4.80. The molecule has 0 aliphatic rings. The number of aromatic nitrogens is 2. The molecule has 122 valence electrons. The highest BCUT2D eigenvalue weighted by Gasteiger charge is 2.14. The Kier molecular flexibility index (Phi) is 5.37. The van der Waals surface area contributed by atoms with Gasteiger partial charge in [-0.2, -0.15) is 0 Å². The van der Waals surface area contributed by atoms with E-state index in [0.29, 0.717) is 16.6 Å². The summed E-state index contributed by atoms with van der Waals surface area (Å²) < 4.78 is 0.755. The zero-order chi connectivity index (χ0) is 16.9. The van der Waals surface area contributed by atoms with Crippen LogP contribution in [0.25, 0.3) is 0 Å². The average Bonchev–Trinajstić information content (AvgIpc) is 3.02. The van der Waals surface area contributed by atoms with Crippen molar-refractivity contribution in [1.29, 1.82) is 0 Å². The number of halogens is 1. The number of amides is 1. The Balaban J connectivity index is 1.66. The van der Waals surface area contributed by atoms with Crippen molar-refractivity contribution in [3.8, 4) is 0 Å². The van der Waals surface area contributed by atoms with Crippen LogP contribution < -0.4 is 5.32 Å². The molecule has 0 aliphatic carbocycles. The first-order valence-electron chi connectivity index (χ1n) is 7.56. The van der Waals surface area contributed by atoms with E-state index in [0.717, 1.165) is 15.9 Å². The van der Waals surface area contributed by atoms with E-state index in [2.05, 4.69) is 50.5 Å². The summed E-state index contributed by atoms with van der Waals surface area (Å²) in [6.45, 7) is 2.16. The lowest BCUT2D eigenvalue weighted by Gasteiger charge is -2.08. The molecule has 2 aromatic carbocycles. The molecule has 24 heavy (non-hydrogen) atoms. The van der Waals surface area contributed by atoms with Crippen molar-refractivity contribution in [1.82, 2.24) is 10.2 Å². The summed E-state index contributed by atoms with van der Waals surface area (Å²) in [7, 11) is 0. The molecular formula is C18H16BrN3OS. The van der Waals surface area contributed by atoms with Crippen molar-refractivity contribution in [2.75, 3.05) is 5.32 Å². The molecule has 1 unspecified atom stereocenters. The zero-order valence-electron chi connectivity index (χ0n) is 13.1. The molecule has 3 rings (SSSR count). The molecular weight excluding hydrogens is 386 g/mol. The fourth-order valence-corrected chi connectivity index (χ4v) is 3.69. The largest absolute Gasteiger partial charge is 0.296 e. The van der Waals surface area contributed by atoms with Gasteiger partial charge in [0, 0.05) is 10.9 Å². The standard InChI is InChI=1S/C18H16BrN3OS/c1-12(13-7-3-2-4-8-13)11-16-21-22-18(24-16)20-17(23)14-9-5-6-10-15(14)19/h2-10,12H,11H2,1H3,(H,20,22,23). The normalized spacial score (nSPS) is 11.9. The number of rotatable bonds is 5. The summed E-state index contributed by atoms with van der Waals surface area (Å²) in [5, 5.41) is 12.5. The Bertz CT molecular complexity index is 835. The minimum atomic E-state index is -0.193. The maximum absolute atomic E-state index is 12.3. The molecule has 1 heterocycles. The molecule has 0 aliphatic heterocycles. The Labute approximate surface area is 153 Å². The zero-order valence-corrected chi connectivity index (χ0v) is 15.5. The van der Waals surface area contributed by atoms with Gasteiger partial charge in [-0.1, -0.05) is 60.7 Å². The van der Waals surface area contributed by atoms with Crippen LogP contribution >= 0.6 is 27.3 Å². The molecule has 4 nitrogen and oxygen atoms in total. The third-order valence-corrected chi connectivity index (χ3v) is 5.21. The lowest BCUT2D eigenvalue weighted by atomic mass is 9.98. The number of nitrogens with zero attached hydrogens (tertiary/aromatic N) is 2. The van der Waals surface area contributed by atoms with Gasteiger partial charge in [0.1, 0.15) is 5.01 Å². The number of hydrogen-bond acceptors (Lipinski definition) is 4. The van der Waals surface area contributed by atoms with Gasteiger partial charge in [-0.3, -0.25) is 10.1 Å². The summed E-state index contributed by atoms with van der Waals surface area (Å²) in [5.74, 6) is 0.159. The summed E-state index contributed by atoms with van der Waals surface area (Å²) in [6.07, 6.45) is 0.798. The van der Waals surface area contributed by atoms with Crippen LogP contribution in [0.4, 0.5) is 5.13 Å². The van der Waals surface area contributed by atoms with Crippen LogP contribution in [-0.4, -0.2) is 16.1 Å². The van der Waals surface area contributed by atoms with Gasteiger partial charge < -0.3 is 0 Å². The maximum Gasteiger partial charge on any atom is 0.258 e. The predicted molar refractivity (Wildman–Crippen MR) is 101 cm³/mol. The molecule has 1 N–H and O–H groups in total. The molecule has 1 amide bonds. The first kappa shape index (κ1) is 16.8. The molecule has 6 heteroatoms. The second-order valence-electron chi connectivity index (χ2n) is 5.45. The van der Waals surface area contributed by atoms with Crippen LogP contribution in [0.15, 0.2) is 59.1 Å². The Hall–Kier alpha value is -2.05. The first-order chi connectivity index (χ1) is 11.6. The SMILES string of the molecule is CC(Cc1nnc(NC(=O)c2ccccc2Br)s1)c1ccccc1. The maximum atomic E-state index is 12.3. The number of carbonyl (C=O) groups is 1. The highest BCUT2D eigenvalue weighted by Crippen LogP contribution is 2.25. The molecule has 3 aromatic rings. The first-order valence-corrected chi connectivity index (χ1v) is 9.17. The molecule has 0 saturated heterocycles. The van der Waals surface area contributed by atoms with E-state index in [4.69, 9.17) is 0 Å². The predicted octanol–water partition coefficient (Wildman–Crippen LogP) is 4.90. The quantitative estimate of drug-likeness (QED) is 0.661. The Morgan fingerprint density at radius 2 is 1.83 bits per heavy atom. The van der Waals surface area contributed by atoms with E-state index >= 15 is 0 Å². The summed E-state index contributed by atoms with van der Waals surface area (Å²) in [4.78, 5) is 12.3. The van der Waals surface area contributed by atoms with E-state index in [1.165, 1.54) is 16.9 Å². The number of benzene rings is 2. The van der Waals surface area contributed by atoms with Crippen molar-refractivity contribution < 1.29 is 4.79 Å². The third kappa shape index (κ3) is 4.07. The van der Waals surface area contributed by atoms with Gasteiger partial charge in [0.2, 0.25) is 5.13 Å². The summed E-state index contributed by atoms with van der Waals surface area (Å²) in [5.41, 5.74) is 1.85. The number of carbonyl (C=O) groups excluding carboxylic acids is 1. The number of hydrogen-bond donors (Lipinski definition) is 1. The van der Waals surface area contributed by atoms with Crippen molar-refractivity contribution >= 4 is 38.3 Å². The van der Waals surface area contributed by atoms with Gasteiger partial charge in [0.05, 0.1) is 5.56 Å². The molecule has 0 fully saturated rings. The van der Waals surface area contributed by atoms with E-state index in [1.807, 2.05) is 36.4 Å². The van der Waals surface area contributed by atoms with Crippen molar-refractivity contribution in [3.63, 3.8) is 0 Å². The van der Waals surface area contributed by atoms with Crippen LogP contribution in [0, 0.1) is 0 Å². The van der Waals surface area contributed by atoms with Crippen LogP contribution in [0.2, 0.25) is 0 Å². The van der Waals surface area contributed by atoms with Gasteiger partial charge in [0.25, 0.3) is 5.91 Å². The van der Waals surface area contributed by atoms with Crippen LogP contribution in [0.1, 0.15) is 33.8 Å². The monoisotopic (exact) mass is 401 g/mol. The van der Waals surface area contributed by atoms with Crippen LogP contribution in [0.3, 0.4) is 0 Å². The second-order valence-corrected chi connectivity index (χ2v) is 7.37. The van der Waals surface area contributed by atoms with Crippen molar-refractivity contribution in [3.05, 3.63) is 75.2 Å². The van der Waals surface area contributed by atoms with E-state index in [9.17, 15) is 4.79 Å². The third-order valence-electron chi connectivity index (χ3n) is 3.66. The Morgan fingerprint density at radius 1 is 1.12 bits per heavy atom. The van der Waals surface area contributed by atoms with Crippen molar-refractivity contribution in [2.45, 2.75) is 19.3 Å². The van der Waals surface area contributed by atoms with Gasteiger partial charge in [0.15, 0.2) is 0 Å². The summed E-state index contributed by atoms with van der Waals surface area (Å²) in [6, 6.07) is 17.6. The van der Waals surface area contributed by atoms with Crippen molar-refractivity contribution in [2.24, 2.45) is 0 Å². The van der Waals surface area contributed by atoms with E-state index < -0.39 is 0 Å². The fourth-order valence-electron chi connectivity index (χ4n) is 2.36. The fraction of sp³-hybridized carbons (Fsp3) is 0.167. The smallest absolute Gasteiger partial charge is 0.258 e. The van der Waals surface area contributed by atoms with Gasteiger partial charge in [-0.25, -0.2) is 0 Å². The lowest BCUT2D eigenvalue weighted by molar-refractivity contribution is 0.102. The molecule has 0 bridgehead atoms. The van der Waals surface area contributed by atoms with Gasteiger partial charge >= 0.3 is 0 Å².